The smallest absolute Gasteiger partial charge is 0.130 e. The first-order chi connectivity index (χ1) is 8.29. The van der Waals surface area contributed by atoms with Crippen molar-refractivity contribution in [2.75, 3.05) is 0 Å². The fraction of sp³-hybridized carbons (Fsp3) is 0.143. The highest BCUT2D eigenvalue weighted by molar-refractivity contribution is 5.41. The number of aromatic nitrogens is 1. The first kappa shape index (κ1) is 11.2. The number of aryl methyl sites for hydroxylation is 1. The van der Waals surface area contributed by atoms with Crippen molar-refractivity contribution in [2.45, 2.75) is 13.5 Å². The summed E-state index contributed by atoms with van der Waals surface area (Å²) >= 11 is 0. The highest BCUT2D eigenvalue weighted by Crippen LogP contribution is 2.20. The van der Waals surface area contributed by atoms with E-state index in [1.807, 2.05) is 31.2 Å². The Labute approximate surface area is 100 Å². The van der Waals surface area contributed by atoms with Crippen LogP contribution in [-0.4, -0.2) is 4.98 Å². The summed E-state index contributed by atoms with van der Waals surface area (Å²) in [7, 11) is 0. The molecule has 0 saturated heterocycles. The van der Waals surface area contributed by atoms with E-state index in [0.29, 0.717) is 12.2 Å². The predicted molar refractivity (Wildman–Crippen MR) is 64.5 cm³/mol. The molecule has 1 heterocycles. The Kier molecular flexibility index (Phi) is 3.37. The van der Waals surface area contributed by atoms with E-state index < -0.39 is 0 Å². The van der Waals surface area contributed by atoms with Gasteiger partial charge in [-0.15, -0.1) is 0 Å². The molecule has 0 bridgehead atoms. The van der Waals surface area contributed by atoms with Crippen LogP contribution in [0.1, 0.15) is 16.8 Å². The highest BCUT2D eigenvalue weighted by atomic mass is 16.5. The molecule has 2 rings (SSSR count). The molecule has 0 saturated carbocycles. The van der Waals surface area contributed by atoms with Crippen molar-refractivity contribution in [3.8, 4) is 11.8 Å². The summed E-state index contributed by atoms with van der Waals surface area (Å²) in [6.45, 7) is 2.37. The molecular weight excluding hydrogens is 212 g/mol. The second-order valence-corrected chi connectivity index (χ2v) is 3.70. The van der Waals surface area contributed by atoms with E-state index in [1.165, 1.54) is 0 Å². The maximum Gasteiger partial charge on any atom is 0.130 e. The number of benzene rings is 1. The average Bonchev–Trinajstić information content (AvgIpc) is 2.39. The van der Waals surface area contributed by atoms with Gasteiger partial charge in [-0.05, 0) is 36.8 Å². The zero-order valence-corrected chi connectivity index (χ0v) is 9.55. The van der Waals surface area contributed by atoms with Crippen LogP contribution in [0, 0.1) is 18.3 Å². The van der Waals surface area contributed by atoms with Crippen LogP contribution >= 0.6 is 0 Å². The van der Waals surface area contributed by atoms with Gasteiger partial charge in [0.1, 0.15) is 12.4 Å². The molecule has 1 aromatic heterocycles. The van der Waals surface area contributed by atoms with E-state index in [0.717, 1.165) is 17.0 Å². The molecule has 0 aliphatic heterocycles. The Morgan fingerprint density at radius 1 is 1.29 bits per heavy atom. The van der Waals surface area contributed by atoms with E-state index in [1.54, 1.807) is 18.3 Å². The quantitative estimate of drug-likeness (QED) is 0.805. The molecule has 0 atom stereocenters. The SMILES string of the molecule is Cc1ccc(C#N)cc1OCc1ccccn1. The lowest BCUT2D eigenvalue weighted by Gasteiger charge is -2.08. The average molecular weight is 224 g/mol. The van der Waals surface area contributed by atoms with Crippen LogP contribution in [-0.2, 0) is 6.61 Å². The topological polar surface area (TPSA) is 45.9 Å². The molecule has 84 valence electrons. The molecule has 17 heavy (non-hydrogen) atoms. The zero-order valence-electron chi connectivity index (χ0n) is 9.55. The van der Waals surface area contributed by atoms with Crippen LogP contribution < -0.4 is 4.74 Å². The third-order valence-electron chi connectivity index (χ3n) is 2.42. The molecular formula is C14H12N2O. The van der Waals surface area contributed by atoms with Gasteiger partial charge in [0, 0.05) is 6.20 Å². The summed E-state index contributed by atoms with van der Waals surface area (Å²) in [6.07, 6.45) is 1.73. The van der Waals surface area contributed by atoms with E-state index >= 15 is 0 Å². The third-order valence-corrected chi connectivity index (χ3v) is 2.42. The second kappa shape index (κ2) is 5.13. The van der Waals surface area contributed by atoms with Gasteiger partial charge in [-0.3, -0.25) is 4.98 Å². The van der Waals surface area contributed by atoms with Gasteiger partial charge in [0.15, 0.2) is 0 Å². The largest absolute Gasteiger partial charge is 0.487 e. The number of rotatable bonds is 3. The molecule has 0 fully saturated rings. The normalized spacial score (nSPS) is 9.65. The molecule has 0 aliphatic rings. The molecule has 0 aliphatic carbocycles. The second-order valence-electron chi connectivity index (χ2n) is 3.70. The minimum atomic E-state index is 0.413. The molecule has 2 aromatic rings. The number of nitrogens with zero attached hydrogens (tertiary/aromatic N) is 2. The number of hydrogen-bond donors (Lipinski definition) is 0. The maximum absolute atomic E-state index is 8.82. The van der Waals surface area contributed by atoms with Crippen LogP contribution in [0.5, 0.6) is 5.75 Å². The highest BCUT2D eigenvalue weighted by Gasteiger charge is 2.02. The van der Waals surface area contributed by atoms with Gasteiger partial charge in [0.05, 0.1) is 17.3 Å². The molecule has 1 aromatic carbocycles. The zero-order chi connectivity index (χ0) is 12.1. The van der Waals surface area contributed by atoms with Crippen molar-refractivity contribution in [1.82, 2.24) is 4.98 Å². The van der Waals surface area contributed by atoms with Crippen molar-refractivity contribution in [3.05, 3.63) is 59.4 Å². The van der Waals surface area contributed by atoms with Gasteiger partial charge in [0.25, 0.3) is 0 Å². The van der Waals surface area contributed by atoms with Crippen molar-refractivity contribution < 1.29 is 4.74 Å². The Balaban J connectivity index is 2.12. The van der Waals surface area contributed by atoms with Crippen molar-refractivity contribution >= 4 is 0 Å². The van der Waals surface area contributed by atoms with E-state index in [-0.39, 0.29) is 0 Å². The number of hydrogen-bond acceptors (Lipinski definition) is 3. The number of nitriles is 1. The van der Waals surface area contributed by atoms with Gasteiger partial charge in [0.2, 0.25) is 0 Å². The molecule has 0 unspecified atom stereocenters. The van der Waals surface area contributed by atoms with E-state index in [4.69, 9.17) is 10.00 Å². The standard InChI is InChI=1S/C14H12N2O/c1-11-5-6-12(9-15)8-14(11)17-10-13-4-2-3-7-16-13/h2-8H,10H2,1H3. The molecule has 0 radical (unpaired) electrons. The summed E-state index contributed by atoms with van der Waals surface area (Å²) in [5, 5.41) is 8.82. The van der Waals surface area contributed by atoms with Crippen LogP contribution in [0.25, 0.3) is 0 Å². The Morgan fingerprint density at radius 3 is 2.88 bits per heavy atom. The summed E-state index contributed by atoms with van der Waals surface area (Å²) in [5.74, 6) is 0.731. The first-order valence-corrected chi connectivity index (χ1v) is 5.33. The van der Waals surface area contributed by atoms with Crippen LogP contribution in [0.4, 0.5) is 0 Å². The summed E-state index contributed by atoms with van der Waals surface area (Å²) in [4.78, 5) is 4.18. The van der Waals surface area contributed by atoms with Gasteiger partial charge >= 0.3 is 0 Å². The van der Waals surface area contributed by atoms with Gasteiger partial charge in [-0.1, -0.05) is 12.1 Å². The van der Waals surface area contributed by atoms with Gasteiger partial charge in [-0.25, -0.2) is 0 Å². The Hall–Kier alpha value is -2.34. The summed E-state index contributed by atoms with van der Waals surface area (Å²) < 4.78 is 5.65. The molecule has 0 N–H and O–H groups in total. The number of pyridine rings is 1. The van der Waals surface area contributed by atoms with Crippen molar-refractivity contribution in [1.29, 1.82) is 5.26 Å². The lowest BCUT2D eigenvalue weighted by atomic mass is 10.1. The maximum atomic E-state index is 8.82. The fourth-order valence-corrected chi connectivity index (χ4v) is 1.46. The minimum absolute atomic E-state index is 0.413. The summed E-state index contributed by atoms with van der Waals surface area (Å²) in [5.41, 5.74) is 2.49. The molecule has 0 amide bonds. The molecule has 3 nitrogen and oxygen atoms in total. The van der Waals surface area contributed by atoms with Gasteiger partial charge < -0.3 is 4.74 Å². The fourth-order valence-electron chi connectivity index (χ4n) is 1.46. The Bertz CT molecular complexity index is 544. The van der Waals surface area contributed by atoms with Crippen LogP contribution in [0.2, 0.25) is 0 Å². The monoisotopic (exact) mass is 224 g/mol. The molecule has 3 heteroatoms. The van der Waals surface area contributed by atoms with Crippen LogP contribution in [0.3, 0.4) is 0 Å². The van der Waals surface area contributed by atoms with Crippen molar-refractivity contribution in [2.24, 2.45) is 0 Å². The minimum Gasteiger partial charge on any atom is -0.487 e. The first-order valence-electron chi connectivity index (χ1n) is 5.33. The summed E-state index contributed by atoms with van der Waals surface area (Å²) in [6, 6.07) is 13.2. The van der Waals surface area contributed by atoms with Gasteiger partial charge in [-0.2, -0.15) is 5.26 Å². The lowest BCUT2D eigenvalue weighted by molar-refractivity contribution is 0.299. The van der Waals surface area contributed by atoms with E-state index in [2.05, 4.69) is 11.1 Å². The number of ether oxygens (including phenoxy) is 1. The van der Waals surface area contributed by atoms with E-state index in [9.17, 15) is 0 Å². The lowest BCUT2D eigenvalue weighted by Crippen LogP contribution is -1.99. The van der Waals surface area contributed by atoms with Crippen molar-refractivity contribution in [3.63, 3.8) is 0 Å². The Morgan fingerprint density at radius 2 is 2.18 bits per heavy atom. The predicted octanol–water partition coefficient (Wildman–Crippen LogP) is 2.84. The third kappa shape index (κ3) is 2.82. The van der Waals surface area contributed by atoms with Crippen LogP contribution in [0.15, 0.2) is 42.6 Å². The molecule has 0 spiro atoms.